The summed E-state index contributed by atoms with van der Waals surface area (Å²) in [5.74, 6) is 0. The molecule has 0 spiro atoms. The molecule has 1 aromatic carbocycles. The molecule has 0 aliphatic carbocycles. The third kappa shape index (κ3) is 1.51. The van der Waals surface area contributed by atoms with Crippen molar-refractivity contribution < 1.29 is 0 Å². The lowest BCUT2D eigenvalue weighted by molar-refractivity contribution is 0.625. The third-order valence-electron chi connectivity index (χ3n) is 3.03. The van der Waals surface area contributed by atoms with Crippen LogP contribution in [-0.4, -0.2) is 4.57 Å². The van der Waals surface area contributed by atoms with Crippen LogP contribution >= 0.6 is 63.7 Å². The maximum absolute atomic E-state index is 3.68. The molecule has 0 saturated carbocycles. The van der Waals surface area contributed by atoms with Gasteiger partial charge in [0, 0.05) is 25.3 Å². The van der Waals surface area contributed by atoms with E-state index in [0.29, 0.717) is 0 Å². The number of aryl methyl sites for hydroxylation is 2. The van der Waals surface area contributed by atoms with Crippen molar-refractivity contribution in [3.8, 4) is 0 Å². The van der Waals surface area contributed by atoms with Gasteiger partial charge < -0.3 is 4.57 Å². The van der Waals surface area contributed by atoms with E-state index in [2.05, 4.69) is 74.4 Å². The second-order valence-corrected chi connectivity index (χ2v) is 7.10. The molecule has 16 heavy (non-hydrogen) atoms. The fraction of sp³-hybridized carbons (Fsp3) is 0.273. The molecule has 2 aromatic rings. The summed E-state index contributed by atoms with van der Waals surface area (Å²) >= 11 is 14.6. The van der Waals surface area contributed by atoms with Gasteiger partial charge in [-0.3, -0.25) is 0 Å². The minimum absolute atomic E-state index is 1.09. The van der Waals surface area contributed by atoms with E-state index < -0.39 is 0 Å². The Balaban J connectivity index is 2.57. The molecule has 0 atom stereocenters. The Labute approximate surface area is 127 Å². The molecule has 0 unspecified atom stereocenters. The van der Waals surface area contributed by atoms with Gasteiger partial charge in [-0.05, 0) is 88.2 Å². The largest absolute Gasteiger partial charge is 0.335 e. The van der Waals surface area contributed by atoms with Crippen molar-refractivity contribution in [1.82, 2.24) is 4.57 Å². The van der Waals surface area contributed by atoms with E-state index in [4.69, 9.17) is 0 Å². The second-order valence-electron chi connectivity index (χ2n) is 3.91. The second kappa shape index (κ2) is 4.11. The van der Waals surface area contributed by atoms with Crippen LogP contribution in [0.2, 0.25) is 0 Å². The van der Waals surface area contributed by atoms with Crippen molar-refractivity contribution in [2.24, 2.45) is 0 Å². The number of nitrogens with zero attached hydrogens (tertiary/aromatic N) is 1. The summed E-state index contributed by atoms with van der Waals surface area (Å²) in [5.41, 5.74) is 2.75. The maximum Gasteiger partial charge on any atom is 0.0857 e. The molecule has 1 aliphatic rings. The first-order valence-corrected chi connectivity index (χ1v) is 8.12. The molecule has 0 bridgehead atoms. The van der Waals surface area contributed by atoms with Crippen LogP contribution in [0.3, 0.4) is 0 Å². The van der Waals surface area contributed by atoms with Gasteiger partial charge in [-0.15, -0.1) is 0 Å². The summed E-state index contributed by atoms with van der Waals surface area (Å²) < 4.78 is 6.92. The molecule has 1 aromatic heterocycles. The molecule has 84 valence electrons. The first-order chi connectivity index (χ1) is 7.61. The van der Waals surface area contributed by atoms with Gasteiger partial charge in [0.05, 0.1) is 10.1 Å². The number of aromatic nitrogens is 1. The van der Waals surface area contributed by atoms with E-state index in [-0.39, 0.29) is 0 Å². The highest BCUT2D eigenvalue weighted by Gasteiger charge is 2.22. The van der Waals surface area contributed by atoms with Crippen molar-refractivity contribution in [3.63, 3.8) is 0 Å². The Hall–Kier alpha value is 0.680. The number of hydrogen-bond acceptors (Lipinski definition) is 0. The van der Waals surface area contributed by atoms with Gasteiger partial charge in [0.15, 0.2) is 0 Å². The molecule has 0 N–H and O–H groups in total. The first-order valence-electron chi connectivity index (χ1n) is 4.95. The van der Waals surface area contributed by atoms with Crippen molar-refractivity contribution in [3.05, 3.63) is 29.7 Å². The van der Waals surface area contributed by atoms with Gasteiger partial charge in [0.2, 0.25) is 0 Å². The molecule has 0 radical (unpaired) electrons. The molecule has 0 saturated heterocycles. The quantitative estimate of drug-likeness (QED) is 0.438. The molecule has 5 heteroatoms. The van der Waals surface area contributed by atoms with Crippen LogP contribution < -0.4 is 0 Å². The topological polar surface area (TPSA) is 4.93 Å². The lowest BCUT2D eigenvalue weighted by Gasteiger charge is -2.19. The van der Waals surface area contributed by atoms with Crippen molar-refractivity contribution >= 4 is 74.6 Å². The standard InChI is InChI=1S/C11H7Br4N/c12-7-4-6-9(14)10(15)8(13)5-2-1-3-16(7)11(5)6/h4H,1-3H2. The van der Waals surface area contributed by atoms with Gasteiger partial charge in [-0.2, -0.15) is 0 Å². The molecule has 0 amide bonds. The monoisotopic (exact) mass is 469 g/mol. The average molecular weight is 473 g/mol. The minimum Gasteiger partial charge on any atom is -0.335 e. The van der Waals surface area contributed by atoms with E-state index in [1.165, 1.54) is 27.4 Å². The molecule has 2 heterocycles. The minimum atomic E-state index is 1.09. The Kier molecular flexibility index (Phi) is 3.02. The molecule has 1 nitrogen and oxygen atoms in total. The fourth-order valence-corrected chi connectivity index (χ4v) is 4.71. The zero-order valence-electron chi connectivity index (χ0n) is 8.16. The SMILES string of the molecule is Brc1c(Br)c2c3c(cc(Br)n3CCC2)c1Br. The van der Waals surface area contributed by atoms with Crippen molar-refractivity contribution in [2.45, 2.75) is 19.4 Å². The Morgan fingerprint density at radius 1 is 1.00 bits per heavy atom. The maximum atomic E-state index is 3.68. The lowest BCUT2D eigenvalue weighted by atomic mass is 10.0. The summed E-state index contributed by atoms with van der Waals surface area (Å²) in [5, 5.41) is 1.27. The summed E-state index contributed by atoms with van der Waals surface area (Å²) in [6, 6.07) is 2.19. The Morgan fingerprint density at radius 2 is 1.75 bits per heavy atom. The fourth-order valence-electron chi connectivity index (χ4n) is 2.32. The highest BCUT2D eigenvalue weighted by molar-refractivity contribution is 9.14. The van der Waals surface area contributed by atoms with Crippen LogP contribution in [0.25, 0.3) is 10.9 Å². The number of hydrogen-bond donors (Lipinski definition) is 0. The van der Waals surface area contributed by atoms with E-state index in [1.807, 2.05) is 0 Å². The third-order valence-corrected chi connectivity index (χ3v) is 7.24. The highest BCUT2D eigenvalue weighted by atomic mass is 79.9. The van der Waals surface area contributed by atoms with E-state index in [1.54, 1.807) is 0 Å². The van der Waals surface area contributed by atoms with Crippen LogP contribution in [0.4, 0.5) is 0 Å². The molecular formula is C11H7Br4N. The van der Waals surface area contributed by atoms with E-state index >= 15 is 0 Å². The van der Waals surface area contributed by atoms with Gasteiger partial charge in [0.25, 0.3) is 0 Å². The Bertz CT molecular complexity index is 600. The molecule has 0 fully saturated rings. The van der Waals surface area contributed by atoms with Crippen LogP contribution in [0.5, 0.6) is 0 Å². The first kappa shape index (κ1) is 11.8. The number of rotatable bonds is 0. The number of halogens is 4. The van der Waals surface area contributed by atoms with Gasteiger partial charge >= 0.3 is 0 Å². The predicted molar refractivity (Wildman–Crippen MR) is 81.1 cm³/mol. The van der Waals surface area contributed by atoms with Gasteiger partial charge in [-0.25, -0.2) is 0 Å². The van der Waals surface area contributed by atoms with Crippen LogP contribution in [-0.2, 0) is 13.0 Å². The normalized spacial score (nSPS) is 14.8. The van der Waals surface area contributed by atoms with E-state index in [0.717, 1.165) is 26.5 Å². The highest BCUT2D eigenvalue weighted by Crippen LogP contribution is 2.44. The molecule has 3 rings (SSSR count). The van der Waals surface area contributed by atoms with Crippen molar-refractivity contribution in [1.29, 1.82) is 0 Å². The van der Waals surface area contributed by atoms with Crippen molar-refractivity contribution in [2.75, 3.05) is 0 Å². The van der Waals surface area contributed by atoms with Crippen LogP contribution in [0.15, 0.2) is 24.1 Å². The zero-order chi connectivity index (χ0) is 11.4. The lowest BCUT2D eigenvalue weighted by Crippen LogP contribution is -2.08. The molecule has 1 aliphatic heterocycles. The average Bonchev–Trinajstić information content (AvgIpc) is 2.63. The van der Waals surface area contributed by atoms with E-state index in [9.17, 15) is 0 Å². The zero-order valence-corrected chi connectivity index (χ0v) is 14.5. The van der Waals surface area contributed by atoms with Crippen LogP contribution in [0, 0.1) is 0 Å². The summed E-state index contributed by atoms with van der Waals surface area (Å²) in [6.07, 6.45) is 2.33. The summed E-state index contributed by atoms with van der Waals surface area (Å²) in [7, 11) is 0. The van der Waals surface area contributed by atoms with Gasteiger partial charge in [0.1, 0.15) is 0 Å². The van der Waals surface area contributed by atoms with Gasteiger partial charge in [-0.1, -0.05) is 0 Å². The number of benzene rings is 1. The smallest absolute Gasteiger partial charge is 0.0857 e. The van der Waals surface area contributed by atoms with Crippen LogP contribution in [0.1, 0.15) is 12.0 Å². The predicted octanol–water partition coefficient (Wildman–Crippen LogP) is 5.64. The summed E-state index contributed by atoms with van der Waals surface area (Å²) in [4.78, 5) is 0. The molecular weight excluding hydrogens is 466 g/mol. The summed E-state index contributed by atoms with van der Waals surface area (Å²) in [6.45, 7) is 1.09. The Morgan fingerprint density at radius 3 is 2.50 bits per heavy atom.